The Bertz CT molecular complexity index is 747. The van der Waals surface area contributed by atoms with Gasteiger partial charge in [-0.1, -0.05) is 109 Å². The maximum Gasteiger partial charge on any atom is 0.126 e. The first-order valence-corrected chi connectivity index (χ1v) is 13.4. The highest BCUT2D eigenvalue weighted by Gasteiger charge is 2.28. The highest BCUT2D eigenvalue weighted by atomic mass is 19.1. The van der Waals surface area contributed by atoms with Gasteiger partial charge in [0, 0.05) is 6.08 Å². The molecule has 0 atom stereocenters. The quantitative estimate of drug-likeness (QED) is 0.228. The van der Waals surface area contributed by atoms with Crippen LogP contribution in [0.3, 0.4) is 0 Å². The van der Waals surface area contributed by atoms with Gasteiger partial charge in [-0.3, -0.25) is 0 Å². The molecule has 0 N–H and O–H groups in total. The maximum atomic E-state index is 14.3. The number of ether oxygens (including phenoxy) is 1. The van der Waals surface area contributed by atoms with Gasteiger partial charge in [0.05, 0.1) is 7.11 Å². The van der Waals surface area contributed by atoms with Gasteiger partial charge >= 0.3 is 0 Å². The van der Waals surface area contributed by atoms with Crippen LogP contribution in [0.25, 0.3) is 0 Å². The predicted octanol–water partition coefficient (Wildman–Crippen LogP) is 10.9. The first-order valence-electron chi connectivity index (χ1n) is 13.4. The molecule has 2 aliphatic rings. The first kappa shape index (κ1) is 31.9. The van der Waals surface area contributed by atoms with Crippen molar-refractivity contribution in [2.75, 3.05) is 7.11 Å². The molecule has 0 radical (unpaired) electrons. The number of methoxy groups -OCH3 is 1. The van der Waals surface area contributed by atoms with Crippen LogP contribution in [0.1, 0.15) is 106 Å². The predicted molar refractivity (Wildman–Crippen MR) is 151 cm³/mol. The molecular formula is C32H51FO. The van der Waals surface area contributed by atoms with Crippen molar-refractivity contribution < 1.29 is 9.13 Å². The van der Waals surface area contributed by atoms with Gasteiger partial charge < -0.3 is 4.74 Å². The second-order valence-electron chi connectivity index (χ2n) is 8.92. The Hall–Kier alpha value is -2.09. The van der Waals surface area contributed by atoms with Crippen LogP contribution in [0, 0.1) is 5.41 Å². The van der Waals surface area contributed by atoms with Gasteiger partial charge in [-0.15, -0.1) is 0 Å². The third-order valence-electron chi connectivity index (χ3n) is 6.12. The standard InChI is InChI=1S/C27H39FO.C3H6.C2H6/c1-7-10-14-24(8-2)19-22(4)25(15-16-26(28)20-23(5)29-6)21-27(9-3)17-12-11-13-18-27;1-2-3-1;1-2/h7,10,14-16,19-21H,5,8-9,11-13,17-18H2,1-4,6H3;1-3H2;1-2H3/b10-7-,16-15+,22-19+,24-14-,25-21-,26-20-;;. The lowest BCUT2D eigenvalue weighted by atomic mass is 9.71. The summed E-state index contributed by atoms with van der Waals surface area (Å²) in [7, 11) is 1.49. The van der Waals surface area contributed by atoms with Crippen LogP contribution in [0.2, 0.25) is 0 Å². The van der Waals surface area contributed by atoms with Crippen molar-refractivity contribution >= 4 is 0 Å². The zero-order valence-electron chi connectivity index (χ0n) is 23.2. The van der Waals surface area contributed by atoms with Crippen molar-refractivity contribution in [2.24, 2.45) is 5.41 Å². The van der Waals surface area contributed by atoms with Crippen LogP contribution in [0.15, 0.2) is 83.5 Å². The topological polar surface area (TPSA) is 9.23 Å². The number of rotatable bonds is 10. The van der Waals surface area contributed by atoms with Crippen LogP contribution < -0.4 is 0 Å². The van der Waals surface area contributed by atoms with E-state index in [9.17, 15) is 4.39 Å². The van der Waals surface area contributed by atoms with E-state index < -0.39 is 0 Å². The average molecular weight is 471 g/mol. The molecule has 0 spiro atoms. The summed E-state index contributed by atoms with van der Waals surface area (Å²) >= 11 is 0. The fraction of sp³-hybridized carbons (Fsp3) is 0.562. The van der Waals surface area contributed by atoms with Gasteiger partial charge in [-0.2, -0.15) is 0 Å². The monoisotopic (exact) mass is 470 g/mol. The minimum Gasteiger partial charge on any atom is -0.497 e. The smallest absolute Gasteiger partial charge is 0.126 e. The van der Waals surface area contributed by atoms with E-state index in [1.54, 1.807) is 0 Å². The summed E-state index contributed by atoms with van der Waals surface area (Å²) in [6.07, 6.45) is 28.4. The Morgan fingerprint density at radius 2 is 1.56 bits per heavy atom. The Labute approximate surface area is 211 Å². The van der Waals surface area contributed by atoms with Crippen LogP contribution in [-0.4, -0.2) is 7.11 Å². The minimum atomic E-state index is -0.357. The van der Waals surface area contributed by atoms with E-state index in [2.05, 4.69) is 51.7 Å². The molecule has 0 aromatic heterocycles. The molecule has 0 bridgehead atoms. The molecular weight excluding hydrogens is 419 g/mol. The number of hydrogen-bond donors (Lipinski definition) is 0. The van der Waals surface area contributed by atoms with Gasteiger partial charge in [0.2, 0.25) is 0 Å². The molecule has 0 aliphatic heterocycles. The minimum absolute atomic E-state index is 0.211. The van der Waals surface area contributed by atoms with Crippen LogP contribution in [0.4, 0.5) is 4.39 Å². The lowest BCUT2D eigenvalue weighted by molar-refractivity contribution is 0.248. The van der Waals surface area contributed by atoms with Crippen molar-refractivity contribution in [2.45, 2.75) is 106 Å². The maximum absolute atomic E-state index is 14.3. The van der Waals surface area contributed by atoms with Crippen molar-refractivity contribution in [1.29, 1.82) is 0 Å². The highest BCUT2D eigenvalue weighted by molar-refractivity contribution is 5.45. The molecule has 2 fully saturated rings. The number of hydrogen-bond acceptors (Lipinski definition) is 1. The van der Waals surface area contributed by atoms with Crippen molar-refractivity contribution in [3.05, 3.63) is 83.5 Å². The van der Waals surface area contributed by atoms with E-state index in [0.29, 0.717) is 5.76 Å². The summed E-state index contributed by atoms with van der Waals surface area (Å²) in [6, 6.07) is 0. The normalized spacial score (nSPS) is 18.7. The Morgan fingerprint density at radius 3 is 2.03 bits per heavy atom. The fourth-order valence-electron chi connectivity index (χ4n) is 3.76. The van der Waals surface area contributed by atoms with Crippen LogP contribution >= 0.6 is 0 Å². The summed E-state index contributed by atoms with van der Waals surface area (Å²) in [6.45, 7) is 16.2. The highest BCUT2D eigenvalue weighted by Crippen LogP contribution is 2.42. The molecule has 0 unspecified atom stereocenters. The molecule has 0 amide bonds. The van der Waals surface area contributed by atoms with E-state index >= 15 is 0 Å². The lowest BCUT2D eigenvalue weighted by Gasteiger charge is -2.34. The summed E-state index contributed by atoms with van der Waals surface area (Å²) in [4.78, 5) is 0. The summed E-state index contributed by atoms with van der Waals surface area (Å²) in [5.41, 5.74) is 3.73. The van der Waals surface area contributed by atoms with Gasteiger partial charge in [-0.05, 0) is 67.7 Å². The molecule has 2 rings (SSSR count). The molecule has 0 saturated heterocycles. The second kappa shape index (κ2) is 19.2. The fourth-order valence-corrected chi connectivity index (χ4v) is 3.76. The largest absolute Gasteiger partial charge is 0.497 e. The zero-order chi connectivity index (χ0) is 25.8. The van der Waals surface area contributed by atoms with E-state index in [-0.39, 0.29) is 11.2 Å². The van der Waals surface area contributed by atoms with Crippen LogP contribution in [0.5, 0.6) is 0 Å². The van der Waals surface area contributed by atoms with E-state index in [0.717, 1.165) is 24.0 Å². The summed E-state index contributed by atoms with van der Waals surface area (Å²) in [5, 5.41) is 0. The molecule has 2 aliphatic carbocycles. The Balaban J connectivity index is 0.00000196. The zero-order valence-corrected chi connectivity index (χ0v) is 23.2. The van der Waals surface area contributed by atoms with Crippen molar-refractivity contribution in [3.63, 3.8) is 0 Å². The molecule has 34 heavy (non-hydrogen) atoms. The van der Waals surface area contributed by atoms with E-state index in [4.69, 9.17) is 4.74 Å². The molecule has 0 aromatic carbocycles. The average Bonchev–Trinajstić information content (AvgIpc) is 3.75. The first-order chi connectivity index (χ1) is 16.4. The Kier molecular flexibility index (Phi) is 18.1. The van der Waals surface area contributed by atoms with Crippen LogP contribution in [-0.2, 0) is 4.74 Å². The van der Waals surface area contributed by atoms with Gasteiger partial charge in [0.1, 0.15) is 11.6 Å². The third-order valence-corrected chi connectivity index (χ3v) is 6.12. The summed E-state index contributed by atoms with van der Waals surface area (Å²) in [5.74, 6) is -0.0466. The van der Waals surface area contributed by atoms with Crippen molar-refractivity contribution in [3.8, 4) is 0 Å². The van der Waals surface area contributed by atoms with E-state index in [1.807, 2.05) is 32.9 Å². The molecule has 1 nitrogen and oxygen atoms in total. The summed E-state index contributed by atoms with van der Waals surface area (Å²) < 4.78 is 19.2. The van der Waals surface area contributed by atoms with Crippen molar-refractivity contribution in [1.82, 2.24) is 0 Å². The van der Waals surface area contributed by atoms with Gasteiger partial charge in [0.15, 0.2) is 0 Å². The SMILES string of the molecule is C1CC1.C=C(/C=C(F)/C=C/C(=C/C1(CC)CCCCC1)C(/C)=C/C(=C\C=C/C)CC)OC.CC. The third kappa shape index (κ3) is 14.2. The lowest BCUT2D eigenvalue weighted by Crippen LogP contribution is -2.21. The van der Waals surface area contributed by atoms with Gasteiger partial charge in [-0.25, -0.2) is 4.39 Å². The number of halogens is 1. The second-order valence-corrected chi connectivity index (χ2v) is 8.92. The van der Waals surface area contributed by atoms with E-state index in [1.165, 1.54) is 76.2 Å². The molecule has 192 valence electrons. The number of allylic oxidation sites excluding steroid dienone is 12. The Morgan fingerprint density at radius 1 is 0.971 bits per heavy atom. The van der Waals surface area contributed by atoms with Gasteiger partial charge in [0.25, 0.3) is 0 Å². The molecule has 0 aromatic rings. The molecule has 2 saturated carbocycles. The molecule has 2 heteroatoms. The molecule has 0 heterocycles.